The van der Waals surface area contributed by atoms with Gasteiger partial charge in [-0.05, 0) is 38.1 Å². The Morgan fingerprint density at radius 1 is 1.23 bits per heavy atom. The molecule has 1 heterocycles. The van der Waals surface area contributed by atoms with Crippen LogP contribution in [0.4, 0.5) is 5.69 Å². The maximum absolute atomic E-state index is 12.5. The Balaban J connectivity index is 2.06. The maximum atomic E-state index is 12.5. The van der Waals surface area contributed by atoms with E-state index in [-0.39, 0.29) is 35.1 Å². The molecule has 8 heteroatoms. The summed E-state index contributed by atoms with van der Waals surface area (Å²) in [6.45, 7) is 8.65. The van der Waals surface area contributed by atoms with E-state index in [0.717, 1.165) is 0 Å². The molecule has 1 fully saturated rings. The largest absolute Gasteiger partial charge is 0.339 e. The highest BCUT2D eigenvalue weighted by atomic mass is 32.2. The van der Waals surface area contributed by atoms with Crippen LogP contribution >= 0.6 is 0 Å². The van der Waals surface area contributed by atoms with Crippen molar-refractivity contribution in [2.24, 2.45) is 5.92 Å². The number of benzene rings is 1. The average molecular weight is 381 g/mol. The molecule has 1 aliphatic heterocycles. The van der Waals surface area contributed by atoms with Gasteiger partial charge in [0.25, 0.3) is 0 Å². The van der Waals surface area contributed by atoms with Crippen LogP contribution in [-0.2, 0) is 19.6 Å². The molecule has 1 aromatic carbocycles. The fourth-order valence-electron chi connectivity index (χ4n) is 3.07. The Bertz CT molecular complexity index is 755. The third kappa shape index (κ3) is 4.24. The average Bonchev–Trinajstić information content (AvgIpc) is 2.98. The lowest BCUT2D eigenvalue weighted by atomic mass is 10.1. The van der Waals surface area contributed by atoms with Crippen molar-refractivity contribution >= 4 is 27.5 Å². The zero-order valence-corrected chi connectivity index (χ0v) is 16.5. The summed E-state index contributed by atoms with van der Waals surface area (Å²) in [4.78, 5) is 26.2. The second kappa shape index (κ2) is 8.18. The minimum absolute atomic E-state index is 0.0131. The lowest BCUT2D eigenvalue weighted by molar-refractivity contribution is -0.129. The molecule has 2 amide bonds. The number of nitrogens with zero attached hydrogens (tertiary/aromatic N) is 2. The number of carbonyl (C=O) groups excluding carboxylic acids is 2. The maximum Gasteiger partial charge on any atom is 0.243 e. The van der Waals surface area contributed by atoms with E-state index in [1.807, 2.05) is 13.8 Å². The predicted molar refractivity (Wildman–Crippen MR) is 100 cm³/mol. The van der Waals surface area contributed by atoms with E-state index in [2.05, 4.69) is 5.32 Å². The van der Waals surface area contributed by atoms with Gasteiger partial charge < -0.3 is 10.2 Å². The molecule has 1 aliphatic rings. The van der Waals surface area contributed by atoms with Gasteiger partial charge in [0, 0.05) is 37.8 Å². The molecule has 1 N–H and O–H groups in total. The van der Waals surface area contributed by atoms with E-state index < -0.39 is 10.0 Å². The Morgan fingerprint density at radius 3 is 2.27 bits per heavy atom. The van der Waals surface area contributed by atoms with Gasteiger partial charge in [-0.15, -0.1) is 0 Å². The minimum Gasteiger partial charge on any atom is -0.339 e. The van der Waals surface area contributed by atoms with Crippen LogP contribution in [0.25, 0.3) is 0 Å². The first-order valence-corrected chi connectivity index (χ1v) is 10.3. The lowest BCUT2D eigenvalue weighted by Gasteiger charge is -2.20. The number of hydrogen-bond donors (Lipinski definition) is 1. The van der Waals surface area contributed by atoms with Gasteiger partial charge in [-0.25, -0.2) is 8.42 Å². The normalized spacial score (nSPS) is 18.0. The topological polar surface area (TPSA) is 86.8 Å². The van der Waals surface area contributed by atoms with Crippen molar-refractivity contribution in [1.29, 1.82) is 0 Å². The van der Waals surface area contributed by atoms with Gasteiger partial charge in [0.05, 0.1) is 10.8 Å². The molecule has 144 valence electrons. The van der Waals surface area contributed by atoms with Crippen LogP contribution in [0.2, 0.25) is 0 Å². The van der Waals surface area contributed by atoms with E-state index >= 15 is 0 Å². The first-order chi connectivity index (χ1) is 12.2. The standard InChI is InChI=1S/C18H27N3O4S/c1-5-20(6-2)26(24,25)16-9-7-15(8-10-16)19-18(23)14-11-17(22)21(12-14)13(3)4/h7-10,13-14H,5-6,11-12H2,1-4H3,(H,19,23)/t14-/m0/s1. The van der Waals surface area contributed by atoms with Crippen molar-refractivity contribution in [2.45, 2.75) is 45.1 Å². The number of amides is 2. The van der Waals surface area contributed by atoms with Crippen LogP contribution in [0.1, 0.15) is 34.1 Å². The predicted octanol–water partition coefficient (Wildman–Crippen LogP) is 1.91. The fourth-order valence-corrected chi connectivity index (χ4v) is 4.53. The third-order valence-corrected chi connectivity index (χ3v) is 6.68. The molecule has 1 atom stereocenters. The van der Waals surface area contributed by atoms with Crippen LogP contribution in [0.15, 0.2) is 29.2 Å². The summed E-state index contributed by atoms with van der Waals surface area (Å²) < 4.78 is 26.3. The van der Waals surface area contributed by atoms with Gasteiger partial charge >= 0.3 is 0 Å². The summed E-state index contributed by atoms with van der Waals surface area (Å²) in [6.07, 6.45) is 0.207. The van der Waals surface area contributed by atoms with Gasteiger partial charge in [0.1, 0.15) is 0 Å². The monoisotopic (exact) mass is 381 g/mol. The van der Waals surface area contributed by atoms with Crippen LogP contribution in [0, 0.1) is 5.92 Å². The van der Waals surface area contributed by atoms with Crippen molar-refractivity contribution in [3.8, 4) is 0 Å². The summed E-state index contributed by atoms with van der Waals surface area (Å²) in [6, 6.07) is 6.20. The van der Waals surface area contributed by atoms with Gasteiger partial charge in [-0.3, -0.25) is 9.59 Å². The Kier molecular flexibility index (Phi) is 6.41. The molecule has 0 unspecified atom stereocenters. The molecule has 0 saturated carbocycles. The zero-order chi connectivity index (χ0) is 19.5. The lowest BCUT2D eigenvalue weighted by Crippen LogP contribution is -2.33. The zero-order valence-electron chi connectivity index (χ0n) is 15.7. The third-order valence-electron chi connectivity index (χ3n) is 4.62. The van der Waals surface area contributed by atoms with Crippen molar-refractivity contribution < 1.29 is 18.0 Å². The highest BCUT2D eigenvalue weighted by Gasteiger charge is 2.35. The highest BCUT2D eigenvalue weighted by Crippen LogP contribution is 2.23. The Hall–Kier alpha value is -1.93. The van der Waals surface area contributed by atoms with Crippen LogP contribution in [0.5, 0.6) is 0 Å². The molecule has 2 rings (SSSR count). The summed E-state index contributed by atoms with van der Waals surface area (Å²) in [5.74, 6) is -0.620. The summed E-state index contributed by atoms with van der Waals surface area (Å²) in [7, 11) is -3.52. The molecule has 0 aromatic heterocycles. The van der Waals surface area contributed by atoms with E-state index in [9.17, 15) is 18.0 Å². The smallest absolute Gasteiger partial charge is 0.243 e. The number of rotatable bonds is 7. The fraction of sp³-hybridized carbons (Fsp3) is 0.556. The van der Waals surface area contributed by atoms with E-state index in [4.69, 9.17) is 0 Å². The Morgan fingerprint density at radius 2 is 1.81 bits per heavy atom. The number of anilines is 1. The van der Waals surface area contributed by atoms with Gasteiger partial charge in [0.15, 0.2) is 0 Å². The van der Waals surface area contributed by atoms with Crippen molar-refractivity contribution in [1.82, 2.24) is 9.21 Å². The summed E-state index contributed by atoms with van der Waals surface area (Å²) >= 11 is 0. The first-order valence-electron chi connectivity index (χ1n) is 8.91. The second-order valence-electron chi connectivity index (χ2n) is 6.64. The minimum atomic E-state index is -3.52. The SMILES string of the molecule is CCN(CC)S(=O)(=O)c1ccc(NC(=O)[C@H]2CC(=O)N(C(C)C)C2)cc1. The van der Waals surface area contributed by atoms with E-state index in [1.54, 1.807) is 30.9 Å². The molecule has 1 aromatic rings. The van der Waals surface area contributed by atoms with Crippen molar-refractivity contribution in [3.63, 3.8) is 0 Å². The highest BCUT2D eigenvalue weighted by molar-refractivity contribution is 7.89. The van der Waals surface area contributed by atoms with Crippen LogP contribution in [-0.4, -0.2) is 55.1 Å². The van der Waals surface area contributed by atoms with Gasteiger partial charge in [0.2, 0.25) is 21.8 Å². The van der Waals surface area contributed by atoms with Crippen molar-refractivity contribution in [3.05, 3.63) is 24.3 Å². The molecule has 0 radical (unpaired) electrons. The Labute approximate surface area is 155 Å². The molecule has 26 heavy (non-hydrogen) atoms. The van der Waals surface area contributed by atoms with Gasteiger partial charge in [-0.2, -0.15) is 4.31 Å². The molecule has 0 spiro atoms. The molecule has 0 aliphatic carbocycles. The molecule has 7 nitrogen and oxygen atoms in total. The van der Waals surface area contributed by atoms with Crippen molar-refractivity contribution in [2.75, 3.05) is 25.0 Å². The quantitative estimate of drug-likeness (QED) is 0.782. The summed E-state index contributed by atoms with van der Waals surface area (Å²) in [5.41, 5.74) is 0.518. The number of sulfonamides is 1. The number of carbonyl (C=O) groups is 2. The summed E-state index contributed by atoms with van der Waals surface area (Å²) in [5, 5.41) is 2.77. The molecule has 0 bridgehead atoms. The number of likely N-dealkylation sites (tertiary alicyclic amines) is 1. The number of nitrogens with one attached hydrogen (secondary N) is 1. The van der Waals surface area contributed by atoms with E-state index in [0.29, 0.717) is 25.3 Å². The van der Waals surface area contributed by atoms with Crippen LogP contribution < -0.4 is 5.32 Å². The number of hydrogen-bond acceptors (Lipinski definition) is 4. The first kappa shape index (κ1) is 20.4. The van der Waals surface area contributed by atoms with Crippen LogP contribution in [0.3, 0.4) is 0 Å². The second-order valence-corrected chi connectivity index (χ2v) is 8.58. The molecule has 1 saturated heterocycles. The molecular weight excluding hydrogens is 354 g/mol. The van der Waals surface area contributed by atoms with E-state index in [1.165, 1.54) is 16.4 Å². The molecular formula is C18H27N3O4S. The van der Waals surface area contributed by atoms with Gasteiger partial charge in [-0.1, -0.05) is 13.8 Å².